The molecule has 0 spiro atoms. The van der Waals surface area contributed by atoms with Crippen LogP contribution in [0.5, 0.6) is 17.2 Å². The number of hydrogen-bond donors (Lipinski definition) is 3. The lowest BCUT2D eigenvalue weighted by molar-refractivity contribution is 0.0951. The maximum atomic E-state index is 12.2. The fourth-order valence-electron chi connectivity index (χ4n) is 2.38. The van der Waals surface area contributed by atoms with E-state index in [0.29, 0.717) is 22.8 Å². The molecule has 0 saturated carbocycles. The van der Waals surface area contributed by atoms with Gasteiger partial charge in [-0.05, 0) is 30.3 Å². The summed E-state index contributed by atoms with van der Waals surface area (Å²) in [6, 6.07) is 12.2. The molecule has 1 aromatic heterocycles. The largest absolute Gasteiger partial charge is 0.504 e. The van der Waals surface area contributed by atoms with Gasteiger partial charge in [-0.3, -0.25) is 4.79 Å². The third kappa shape index (κ3) is 3.40. The summed E-state index contributed by atoms with van der Waals surface area (Å²) in [5.41, 5.74) is 4.01. The van der Waals surface area contributed by atoms with Crippen molar-refractivity contribution in [2.45, 2.75) is 0 Å². The topological polar surface area (TPSA) is 95.9 Å². The van der Waals surface area contributed by atoms with Crippen LogP contribution in [0.15, 0.2) is 47.6 Å². The lowest BCUT2D eigenvalue weighted by Crippen LogP contribution is -2.17. The average molecular weight is 339 g/mol. The molecule has 3 rings (SSSR count). The number of hydrogen-bond acceptors (Lipinski definition) is 5. The summed E-state index contributed by atoms with van der Waals surface area (Å²) in [7, 11) is 3.04. The lowest BCUT2D eigenvalue weighted by Gasteiger charge is -2.04. The predicted molar refractivity (Wildman–Crippen MR) is 94.6 cm³/mol. The van der Waals surface area contributed by atoms with Crippen molar-refractivity contribution in [3.8, 4) is 17.2 Å². The van der Waals surface area contributed by atoms with Crippen molar-refractivity contribution in [1.29, 1.82) is 0 Å². The highest BCUT2D eigenvalue weighted by Gasteiger charge is 2.10. The third-order valence-electron chi connectivity index (χ3n) is 3.69. The van der Waals surface area contributed by atoms with Crippen molar-refractivity contribution in [3.05, 3.63) is 53.7 Å². The Morgan fingerprint density at radius 2 is 2.04 bits per heavy atom. The number of amides is 1. The number of phenolic OH excluding ortho intramolecular Hbond substituents is 1. The van der Waals surface area contributed by atoms with E-state index in [1.165, 1.54) is 13.3 Å². The predicted octanol–water partition coefficient (Wildman–Crippen LogP) is 2.65. The van der Waals surface area contributed by atoms with Crippen molar-refractivity contribution >= 4 is 23.0 Å². The fraction of sp³-hybridized carbons (Fsp3) is 0.111. The van der Waals surface area contributed by atoms with Crippen LogP contribution >= 0.6 is 0 Å². The van der Waals surface area contributed by atoms with E-state index >= 15 is 0 Å². The number of methoxy groups -OCH3 is 2. The van der Waals surface area contributed by atoms with Crippen LogP contribution in [-0.2, 0) is 0 Å². The smallest absolute Gasteiger partial charge is 0.287 e. The van der Waals surface area contributed by atoms with E-state index in [1.807, 2.05) is 18.2 Å². The van der Waals surface area contributed by atoms with E-state index < -0.39 is 5.91 Å². The number of rotatable bonds is 5. The van der Waals surface area contributed by atoms with Crippen LogP contribution in [0.1, 0.15) is 16.1 Å². The van der Waals surface area contributed by atoms with Gasteiger partial charge in [0.05, 0.1) is 20.4 Å². The zero-order valence-corrected chi connectivity index (χ0v) is 13.7. The molecule has 0 bridgehead atoms. The monoisotopic (exact) mass is 339 g/mol. The Hall–Kier alpha value is -3.48. The number of H-pyrrole nitrogens is 1. The lowest BCUT2D eigenvalue weighted by atomic mass is 10.2. The summed E-state index contributed by atoms with van der Waals surface area (Å²) in [6.45, 7) is 0. The Bertz CT molecular complexity index is 947. The van der Waals surface area contributed by atoms with Gasteiger partial charge in [-0.15, -0.1) is 0 Å². The molecule has 0 fully saturated rings. The second kappa shape index (κ2) is 6.96. The van der Waals surface area contributed by atoms with Gasteiger partial charge in [0.2, 0.25) is 0 Å². The molecule has 0 unspecified atom stereocenters. The second-order valence-corrected chi connectivity index (χ2v) is 5.23. The SMILES string of the molecule is COc1ccc2cc(C(=O)N/N=C\c3cccc(OC)c3O)[nH]c2c1. The minimum absolute atomic E-state index is 0.0410. The molecule has 0 aliphatic rings. The van der Waals surface area contributed by atoms with Gasteiger partial charge in [0.1, 0.15) is 11.4 Å². The first-order valence-electron chi connectivity index (χ1n) is 7.48. The minimum Gasteiger partial charge on any atom is -0.504 e. The number of benzene rings is 2. The standard InChI is InChI=1S/C18H17N3O4/c1-24-13-7-6-11-8-15(20-14(11)9-13)18(23)21-19-10-12-4-3-5-16(25-2)17(12)22/h3-10,20,22H,1-2H3,(H,21,23)/b19-10-. The molecule has 3 N–H and O–H groups in total. The van der Waals surface area contributed by atoms with Crippen LogP contribution in [0, 0.1) is 0 Å². The molecular formula is C18H17N3O4. The number of aromatic hydroxyl groups is 1. The van der Waals surface area contributed by atoms with Gasteiger partial charge in [0.15, 0.2) is 11.5 Å². The molecular weight excluding hydrogens is 322 g/mol. The van der Waals surface area contributed by atoms with Gasteiger partial charge in [-0.1, -0.05) is 6.07 Å². The molecule has 1 amide bonds. The number of phenols is 1. The van der Waals surface area contributed by atoms with Crippen LogP contribution in [0.3, 0.4) is 0 Å². The number of aromatic nitrogens is 1. The van der Waals surface area contributed by atoms with Gasteiger partial charge in [-0.25, -0.2) is 5.43 Å². The number of aromatic amines is 1. The maximum Gasteiger partial charge on any atom is 0.287 e. The molecule has 1 heterocycles. The normalized spacial score (nSPS) is 11.0. The summed E-state index contributed by atoms with van der Waals surface area (Å²) in [6.07, 6.45) is 1.35. The van der Waals surface area contributed by atoms with E-state index in [1.54, 1.807) is 31.4 Å². The van der Waals surface area contributed by atoms with Crippen LogP contribution in [-0.4, -0.2) is 36.4 Å². The molecule has 0 atom stereocenters. The van der Waals surface area contributed by atoms with E-state index in [2.05, 4.69) is 15.5 Å². The maximum absolute atomic E-state index is 12.2. The summed E-state index contributed by atoms with van der Waals surface area (Å²) >= 11 is 0. The molecule has 2 aromatic carbocycles. The number of hydrazone groups is 1. The average Bonchev–Trinajstić information content (AvgIpc) is 3.06. The number of fused-ring (bicyclic) bond motifs is 1. The van der Waals surface area contributed by atoms with Crippen molar-refractivity contribution in [2.75, 3.05) is 14.2 Å². The van der Waals surface area contributed by atoms with Gasteiger partial charge in [-0.2, -0.15) is 5.10 Å². The Morgan fingerprint density at radius 3 is 2.80 bits per heavy atom. The van der Waals surface area contributed by atoms with E-state index in [-0.39, 0.29) is 5.75 Å². The Morgan fingerprint density at radius 1 is 1.20 bits per heavy atom. The molecule has 0 aliphatic heterocycles. The molecule has 7 nitrogen and oxygen atoms in total. The van der Waals surface area contributed by atoms with Crippen LogP contribution in [0.2, 0.25) is 0 Å². The van der Waals surface area contributed by atoms with Crippen molar-refractivity contribution in [3.63, 3.8) is 0 Å². The number of para-hydroxylation sites is 1. The zero-order valence-electron chi connectivity index (χ0n) is 13.7. The fourth-order valence-corrected chi connectivity index (χ4v) is 2.38. The van der Waals surface area contributed by atoms with Gasteiger partial charge < -0.3 is 19.6 Å². The summed E-state index contributed by atoms with van der Waals surface area (Å²) in [4.78, 5) is 15.2. The molecule has 0 aliphatic carbocycles. The third-order valence-corrected chi connectivity index (χ3v) is 3.69. The molecule has 25 heavy (non-hydrogen) atoms. The molecule has 128 valence electrons. The second-order valence-electron chi connectivity index (χ2n) is 5.23. The summed E-state index contributed by atoms with van der Waals surface area (Å²) in [5.74, 6) is 0.599. The highest BCUT2D eigenvalue weighted by Crippen LogP contribution is 2.28. The van der Waals surface area contributed by atoms with Crippen molar-refractivity contribution in [2.24, 2.45) is 5.10 Å². The molecule has 0 saturated heterocycles. The molecule has 7 heteroatoms. The number of nitrogens with one attached hydrogen (secondary N) is 2. The zero-order chi connectivity index (χ0) is 17.8. The summed E-state index contributed by atoms with van der Waals surface area (Å²) in [5, 5.41) is 14.7. The van der Waals surface area contributed by atoms with Crippen LogP contribution in [0.4, 0.5) is 0 Å². The summed E-state index contributed by atoms with van der Waals surface area (Å²) < 4.78 is 10.2. The van der Waals surface area contributed by atoms with Crippen LogP contribution < -0.4 is 14.9 Å². The molecule has 0 radical (unpaired) electrons. The van der Waals surface area contributed by atoms with E-state index in [4.69, 9.17) is 9.47 Å². The highest BCUT2D eigenvalue weighted by molar-refractivity contribution is 5.98. The van der Waals surface area contributed by atoms with Crippen molar-refractivity contribution < 1.29 is 19.4 Å². The van der Waals surface area contributed by atoms with E-state index in [0.717, 1.165) is 10.9 Å². The molecule has 3 aromatic rings. The Labute approximate surface area is 143 Å². The number of carbonyl (C=O) groups excluding carboxylic acids is 1. The Kier molecular flexibility index (Phi) is 4.56. The quantitative estimate of drug-likeness (QED) is 0.492. The van der Waals surface area contributed by atoms with Gasteiger partial charge >= 0.3 is 0 Å². The first-order chi connectivity index (χ1) is 12.1. The van der Waals surface area contributed by atoms with Crippen molar-refractivity contribution in [1.82, 2.24) is 10.4 Å². The minimum atomic E-state index is -0.395. The van der Waals surface area contributed by atoms with Gasteiger partial charge in [0, 0.05) is 22.5 Å². The number of ether oxygens (including phenoxy) is 2. The number of carbonyl (C=O) groups is 1. The first kappa shape index (κ1) is 16.4. The van der Waals surface area contributed by atoms with Gasteiger partial charge in [0.25, 0.3) is 5.91 Å². The number of nitrogens with zero attached hydrogens (tertiary/aromatic N) is 1. The van der Waals surface area contributed by atoms with Crippen LogP contribution in [0.25, 0.3) is 10.9 Å². The first-order valence-corrected chi connectivity index (χ1v) is 7.48. The highest BCUT2D eigenvalue weighted by atomic mass is 16.5. The Balaban J connectivity index is 1.74. The van der Waals surface area contributed by atoms with E-state index in [9.17, 15) is 9.90 Å².